The third-order valence-electron chi connectivity index (χ3n) is 5.76. The van der Waals surface area contributed by atoms with Crippen LogP contribution in [-0.2, 0) is 17.8 Å². The van der Waals surface area contributed by atoms with E-state index < -0.39 is 0 Å². The second kappa shape index (κ2) is 7.89. The molecule has 24 heavy (non-hydrogen) atoms. The van der Waals surface area contributed by atoms with Crippen molar-refractivity contribution in [1.29, 1.82) is 0 Å². The van der Waals surface area contributed by atoms with E-state index in [9.17, 15) is 4.79 Å². The molecule has 1 fully saturated rings. The molecule has 0 aromatic carbocycles. The highest BCUT2D eigenvalue weighted by Crippen LogP contribution is 2.30. The maximum Gasteiger partial charge on any atom is 0.233 e. The van der Waals surface area contributed by atoms with E-state index in [1.165, 1.54) is 32.1 Å². The monoisotopic (exact) mass is 350 g/mol. The molecule has 0 unspecified atom stereocenters. The van der Waals surface area contributed by atoms with Gasteiger partial charge in [-0.05, 0) is 38.0 Å². The van der Waals surface area contributed by atoms with Crippen molar-refractivity contribution in [3.8, 4) is 0 Å². The molecule has 1 amide bonds. The van der Waals surface area contributed by atoms with Gasteiger partial charge in [0.2, 0.25) is 5.91 Å². The van der Waals surface area contributed by atoms with E-state index in [4.69, 9.17) is 0 Å². The van der Waals surface area contributed by atoms with Gasteiger partial charge in [-0.2, -0.15) is 0 Å². The minimum absolute atomic E-state index is 0.133. The van der Waals surface area contributed by atoms with Crippen molar-refractivity contribution in [1.82, 2.24) is 20.1 Å². The average molecular weight is 351 g/mol. The van der Waals surface area contributed by atoms with Crippen LogP contribution in [0.4, 0.5) is 0 Å². The highest BCUT2D eigenvalue weighted by atomic mass is 32.2. The van der Waals surface area contributed by atoms with Gasteiger partial charge < -0.3 is 9.88 Å². The van der Waals surface area contributed by atoms with Crippen molar-refractivity contribution in [2.45, 2.75) is 88.7 Å². The van der Waals surface area contributed by atoms with Gasteiger partial charge in [-0.1, -0.05) is 44.9 Å². The minimum Gasteiger partial charge on any atom is -0.352 e. The molecule has 3 rings (SSSR count). The number of aromatic nitrogens is 3. The molecule has 0 spiro atoms. The third-order valence-corrected chi connectivity index (χ3v) is 6.84. The lowest BCUT2D eigenvalue weighted by Crippen LogP contribution is -2.46. The summed E-state index contributed by atoms with van der Waals surface area (Å²) in [6, 6.07) is 0.319. The van der Waals surface area contributed by atoms with E-state index in [1.807, 2.05) is 6.92 Å². The molecule has 1 aromatic heterocycles. The SMILES string of the molecule is C[C@@H]1[C@@H](C)CCC[C@H]1NC(=O)[C@H](C)Sc1nnc2n1CCCCC2. The summed E-state index contributed by atoms with van der Waals surface area (Å²) in [5.41, 5.74) is 0. The molecule has 1 saturated carbocycles. The number of aryl methyl sites for hydroxylation is 1. The molecule has 0 radical (unpaired) electrons. The lowest BCUT2D eigenvalue weighted by atomic mass is 9.78. The standard InChI is InChI=1S/C18H30N4OS/c1-12-8-7-9-15(13(12)2)19-17(23)14(3)24-18-21-20-16-10-5-4-6-11-22(16)18/h12-15H,4-11H2,1-3H3,(H,19,23)/t12-,13+,14-,15+/m0/s1. The second-order valence-corrected chi connectivity index (χ2v) is 8.81. The predicted molar refractivity (Wildman–Crippen MR) is 97.0 cm³/mol. The van der Waals surface area contributed by atoms with E-state index in [0.717, 1.165) is 30.4 Å². The average Bonchev–Trinajstić information content (AvgIpc) is 2.79. The lowest BCUT2D eigenvalue weighted by molar-refractivity contribution is -0.121. The summed E-state index contributed by atoms with van der Waals surface area (Å²) >= 11 is 1.55. The third kappa shape index (κ3) is 3.95. The molecule has 0 saturated heterocycles. The minimum atomic E-state index is -0.133. The Bertz CT molecular complexity index is 573. The van der Waals surface area contributed by atoms with Crippen LogP contribution >= 0.6 is 11.8 Å². The number of rotatable bonds is 4. The summed E-state index contributed by atoms with van der Waals surface area (Å²) in [4.78, 5) is 12.6. The number of thioether (sulfide) groups is 1. The van der Waals surface area contributed by atoms with Crippen LogP contribution in [-0.4, -0.2) is 32.0 Å². The van der Waals surface area contributed by atoms with Crippen LogP contribution in [0.3, 0.4) is 0 Å². The van der Waals surface area contributed by atoms with Gasteiger partial charge in [-0.15, -0.1) is 10.2 Å². The molecule has 1 N–H and O–H groups in total. The van der Waals surface area contributed by atoms with Crippen molar-refractivity contribution in [3.05, 3.63) is 5.82 Å². The Morgan fingerprint density at radius 1 is 1.21 bits per heavy atom. The Hall–Kier alpha value is -1.04. The van der Waals surface area contributed by atoms with Crippen LogP contribution in [0.25, 0.3) is 0 Å². The predicted octanol–water partition coefficient (Wildman–Crippen LogP) is 3.43. The molecule has 4 atom stereocenters. The van der Waals surface area contributed by atoms with Crippen LogP contribution < -0.4 is 5.32 Å². The van der Waals surface area contributed by atoms with E-state index in [1.54, 1.807) is 11.8 Å². The van der Waals surface area contributed by atoms with E-state index in [0.29, 0.717) is 17.9 Å². The van der Waals surface area contributed by atoms with Gasteiger partial charge in [-0.25, -0.2) is 0 Å². The lowest BCUT2D eigenvalue weighted by Gasteiger charge is -2.35. The van der Waals surface area contributed by atoms with Crippen LogP contribution in [0, 0.1) is 11.8 Å². The number of hydrogen-bond acceptors (Lipinski definition) is 4. The quantitative estimate of drug-likeness (QED) is 0.845. The largest absolute Gasteiger partial charge is 0.352 e. The van der Waals surface area contributed by atoms with Gasteiger partial charge in [0.1, 0.15) is 5.82 Å². The Labute approximate surface area is 149 Å². The zero-order valence-corrected chi connectivity index (χ0v) is 15.9. The van der Waals surface area contributed by atoms with Gasteiger partial charge in [0.05, 0.1) is 5.25 Å². The number of hydrogen-bond donors (Lipinski definition) is 1. The summed E-state index contributed by atoms with van der Waals surface area (Å²) in [5, 5.41) is 12.7. The van der Waals surface area contributed by atoms with Gasteiger partial charge in [0.25, 0.3) is 0 Å². The van der Waals surface area contributed by atoms with Gasteiger partial charge in [0, 0.05) is 19.0 Å². The van der Waals surface area contributed by atoms with E-state index in [2.05, 4.69) is 33.9 Å². The number of fused-ring (bicyclic) bond motifs is 1. The first kappa shape index (κ1) is 17.8. The Balaban J connectivity index is 1.59. The molecule has 1 aliphatic carbocycles. The molecular formula is C18H30N4OS. The number of nitrogens with one attached hydrogen (secondary N) is 1. The molecule has 134 valence electrons. The highest BCUT2D eigenvalue weighted by Gasteiger charge is 2.30. The van der Waals surface area contributed by atoms with Crippen LogP contribution in [0.15, 0.2) is 5.16 Å². The first-order chi connectivity index (χ1) is 11.6. The summed E-state index contributed by atoms with van der Waals surface area (Å²) in [6.07, 6.45) is 8.23. The van der Waals surface area contributed by atoms with Crippen LogP contribution in [0.5, 0.6) is 0 Å². The van der Waals surface area contributed by atoms with Crippen molar-refractivity contribution < 1.29 is 4.79 Å². The number of amides is 1. The zero-order chi connectivity index (χ0) is 17.1. The molecule has 1 aromatic rings. The number of nitrogens with zero attached hydrogens (tertiary/aromatic N) is 3. The number of carbonyl (C=O) groups is 1. The molecular weight excluding hydrogens is 320 g/mol. The topological polar surface area (TPSA) is 59.8 Å². The van der Waals surface area contributed by atoms with E-state index >= 15 is 0 Å². The van der Waals surface area contributed by atoms with E-state index in [-0.39, 0.29) is 11.2 Å². The van der Waals surface area contributed by atoms with Crippen molar-refractivity contribution in [3.63, 3.8) is 0 Å². The maximum absolute atomic E-state index is 12.6. The molecule has 0 bridgehead atoms. The maximum atomic E-state index is 12.6. The molecule has 5 nitrogen and oxygen atoms in total. The number of carbonyl (C=O) groups excluding carboxylic acids is 1. The Kier molecular flexibility index (Phi) is 5.85. The van der Waals surface area contributed by atoms with Gasteiger partial charge >= 0.3 is 0 Å². The summed E-state index contributed by atoms with van der Waals surface area (Å²) in [7, 11) is 0. The molecule has 6 heteroatoms. The summed E-state index contributed by atoms with van der Waals surface area (Å²) < 4.78 is 2.22. The van der Waals surface area contributed by atoms with Crippen molar-refractivity contribution in [2.24, 2.45) is 11.8 Å². The fourth-order valence-electron chi connectivity index (χ4n) is 3.84. The first-order valence-corrected chi connectivity index (χ1v) is 10.3. The summed E-state index contributed by atoms with van der Waals surface area (Å²) in [5.74, 6) is 2.47. The van der Waals surface area contributed by atoms with Crippen molar-refractivity contribution >= 4 is 17.7 Å². The Morgan fingerprint density at radius 3 is 2.88 bits per heavy atom. The highest BCUT2D eigenvalue weighted by molar-refractivity contribution is 8.00. The van der Waals surface area contributed by atoms with Crippen LogP contribution in [0.1, 0.15) is 65.1 Å². The van der Waals surface area contributed by atoms with Gasteiger partial charge in [-0.3, -0.25) is 4.79 Å². The smallest absolute Gasteiger partial charge is 0.233 e. The molecule has 2 aliphatic rings. The normalized spacial score (nSPS) is 28.7. The van der Waals surface area contributed by atoms with Crippen LogP contribution in [0.2, 0.25) is 0 Å². The zero-order valence-electron chi connectivity index (χ0n) is 15.1. The Morgan fingerprint density at radius 2 is 2.04 bits per heavy atom. The fourth-order valence-corrected chi connectivity index (χ4v) is 4.75. The fraction of sp³-hybridized carbons (Fsp3) is 0.833. The molecule has 2 heterocycles. The second-order valence-electron chi connectivity index (χ2n) is 7.50. The molecule has 1 aliphatic heterocycles. The first-order valence-electron chi connectivity index (χ1n) is 9.45. The van der Waals surface area contributed by atoms with Crippen molar-refractivity contribution in [2.75, 3.05) is 0 Å². The summed E-state index contributed by atoms with van der Waals surface area (Å²) in [6.45, 7) is 7.53. The van der Waals surface area contributed by atoms with Gasteiger partial charge in [0.15, 0.2) is 5.16 Å².